The van der Waals surface area contributed by atoms with Crippen molar-refractivity contribution in [2.75, 3.05) is 7.11 Å². The van der Waals surface area contributed by atoms with Crippen LogP contribution in [0, 0.1) is 6.92 Å². The second-order valence-electron chi connectivity index (χ2n) is 2.49. The molecular weight excluding hydrogens is 152 g/mol. The van der Waals surface area contributed by atoms with E-state index in [1.54, 1.807) is 0 Å². The van der Waals surface area contributed by atoms with E-state index in [4.69, 9.17) is 9.47 Å². The van der Waals surface area contributed by atoms with Crippen LogP contribution in [0.4, 0.5) is 0 Å². The number of hydrogen-bond acceptors (Lipinski definition) is 2. The first-order valence-corrected chi connectivity index (χ1v) is 3.70. The van der Waals surface area contributed by atoms with Crippen LogP contribution in [0.15, 0.2) is 36.8 Å². The second kappa shape index (κ2) is 3.81. The van der Waals surface area contributed by atoms with Gasteiger partial charge in [-0.25, -0.2) is 0 Å². The molecule has 0 atom stereocenters. The summed E-state index contributed by atoms with van der Waals surface area (Å²) in [6.07, 6.45) is 0. The Hall–Kier alpha value is -1.44. The third kappa shape index (κ3) is 2.31. The summed E-state index contributed by atoms with van der Waals surface area (Å²) in [5.41, 5.74) is 1.15. The lowest BCUT2D eigenvalue weighted by atomic mass is 10.2. The Morgan fingerprint density at radius 1 is 1.42 bits per heavy atom. The molecule has 0 unspecified atom stereocenters. The monoisotopic (exact) mass is 164 g/mol. The van der Waals surface area contributed by atoms with Gasteiger partial charge >= 0.3 is 0 Å². The number of benzene rings is 1. The van der Waals surface area contributed by atoms with Crippen molar-refractivity contribution in [3.05, 3.63) is 42.4 Å². The standard InChI is InChI=1S/C10H12O2/c1-8-5-4-6-10(7-8)12-9(2)11-3/h4-7H,2H2,1,3H3. The predicted molar refractivity (Wildman–Crippen MR) is 48.0 cm³/mol. The summed E-state index contributed by atoms with van der Waals surface area (Å²) in [7, 11) is 1.53. The van der Waals surface area contributed by atoms with E-state index in [0.717, 1.165) is 11.3 Å². The topological polar surface area (TPSA) is 18.5 Å². The van der Waals surface area contributed by atoms with Crippen molar-refractivity contribution in [2.45, 2.75) is 6.92 Å². The van der Waals surface area contributed by atoms with Crippen LogP contribution in [0.3, 0.4) is 0 Å². The number of hydrogen-bond donors (Lipinski definition) is 0. The van der Waals surface area contributed by atoms with Crippen LogP contribution in [0.25, 0.3) is 0 Å². The molecule has 12 heavy (non-hydrogen) atoms. The van der Waals surface area contributed by atoms with Gasteiger partial charge in [-0.3, -0.25) is 0 Å². The Kier molecular flexibility index (Phi) is 2.75. The number of methoxy groups -OCH3 is 1. The molecule has 0 saturated carbocycles. The molecule has 1 rings (SSSR count). The first kappa shape index (κ1) is 8.65. The van der Waals surface area contributed by atoms with Crippen LogP contribution >= 0.6 is 0 Å². The van der Waals surface area contributed by atoms with Gasteiger partial charge in [-0.15, -0.1) is 0 Å². The van der Waals surface area contributed by atoms with E-state index in [1.165, 1.54) is 7.11 Å². The number of aryl methyl sites for hydroxylation is 1. The van der Waals surface area contributed by atoms with E-state index < -0.39 is 0 Å². The van der Waals surface area contributed by atoms with Crippen LogP contribution in [0.2, 0.25) is 0 Å². The lowest BCUT2D eigenvalue weighted by Crippen LogP contribution is -1.95. The highest BCUT2D eigenvalue weighted by atomic mass is 16.7. The average molecular weight is 164 g/mol. The molecule has 0 spiro atoms. The summed E-state index contributed by atoms with van der Waals surface area (Å²) in [6, 6.07) is 7.71. The van der Waals surface area contributed by atoms with Gasteiger partial charge < -0.3 is 9.47 Å². The highest BCUT2D eigenvalue weighted by Crippen LogP contribution is 2.14. The molecule has 0 fully saturated rings. The van der Waals surface area contributed by atoms with E-state index in [2.05, 4.69) is 6.58 Å². The predicted octanol–water partition coefficient (Wildman–Crippen LogP) is 2.49. The Labute approximate surface area is 72.4 Å². The third-order valence-corrected chi connectivity index (χ3v) is 1.45. The van der Waals surface area contributed by atoms with Gasteiger partial charge in [0.1, 0.15) is 5.75 Å². The summed E-state index contributed by atoms with van der Waals surface area (Å²) in [5.74, 6) is 1.06. The van der Waals surface area contributed by atoms with Gasteiger partial charge in [0, 0.05) is 0 Å². The molecule has 0 N–H and O–H groups in total. The van der Waals surface area contributed by atoms with Gasteiger partial charge in [0.25, 0.3) is 5.95 Å². The van der Waals surface area contributed by atoms with Crippen molar-refractivity contribution in [3.63, 3.8) is 0 Å². The fourth-order valence-corrected chi connectivity index (χ4v) is 0.852. The smallest absolute Gasteiger partial charge is 0.276 e. The molecule has 0 aliphatic heterocycles. The maximum atomic E-state index is 5.23. The van der Waals surface area contributed by atoms with Crippen molar-refractivity contribution in [2.24, 2.45) is 0 Å². The lowest BCUT2D eigenvalue weighted by molar-refractivity contribution is 0.153. The summed E-state index contributed by atoms with van der Waals surface area (Å²) in [5, 5.41) is 0. The van der Waals surface area contributed by atoms with Crippen LogP contribution in [-0.4, -0.2) is 7.11 Å². The Morgan fingerprint density at radius 3 is 2.75 bits per heavy atom. The van der Waals surface area contributed by atoms with Gasteiger partial charge in [0.15, 0.2) is 0 Å². The van der Waals surface area contributed by atoms with Gasteiger partial charge in [0.05, 0.1) is 7.11 Å². The molecule has 0 bridgehead atoms. The zero-order valence-corrected chi connectivity index (χ0v) is 7.33. The maximum Gasteiger partial charge on any atom is 0.276 e. The highest BCUT2D eigenvalue weighted by molar-refractivity contribution is 5.28. The van der Waals surface area contributed by atoms with Crippen molar-refractivity contribution in [1.82, 2.24) is 0 Å². The fraction of sp³-hybridized carbons (Fsp3) is 0.200. The SMILES string of the molecule is C=C(OC)Oc1cccc(C)c1. The van der Waals surface area contributed by atoms with E-state index in [9.17, 15) is 0 Å². The third-order valence-electron chi connectivity index (χ3n) is 1.45. The quantitative estimate of drug-likeness (QED) is 0.639. The minimum absolute atomic E-state index is 0.306. The van der Waals surface area contributed by atoms with Gasteiger partial charge in [-0.2, -0.15) is 0 Å². The van der Waals surface area contributed by atoms with Crippen LogP contribution < -0.4 is 4.74 Å². The van der Waals surface area contributed by atoms with E-state index >= 15 is 0 Å². The van der Waals surface area contributed by atoms with Gasteiger partial charge in [0.2, 0.25) is 0 Å². The molecule has 0 saturated heterocycles. The summed E-state index contributed by atoms with van der Waals surface area (Å²) in [4.78, 5) is 0. The minimum Gasteiger partial charge on any atom is -0.469 e. The van der Waals surface area contributed by atoms with Crippen LogP contribution in [0.5, 0.6) is 5.75 Å². The molecule has 0 aliphatic rings. The Balaban J connectivity index is 2.69. The second-order valence-corrected chi connectivity index (χ2v) is 2.49. The molecule has 0 heterocycles. The van der Waals surface area contributed by atoms with Crippen molar-refractivity contribution < 1.29 is 9.47 Å². The molecule has 0 aliphatic carbocycles. The van der Waals surface area contributed by atoms with Crippen molar-refractivity contribution in [3.8, 4) is 5.75 Å². The first-order valence-electron chi connectivity index (χ1n) is 3.70. The normalized spacial score (nSPS) is 9.17. The fourth-order valence-electron chi connectivity index (χ4n) is 0.852. The molecular formula is C10H12O2. The van der Waals surface area contributed by atoms with Gasteiger partial charge in [-0.05, 0) is 31.2 Å². The first-order chi connectivity index (χ1) is 5.72. The van der Waals surface area contributed by atoms with Crippen molar-refractivity contribution in [1.29, 1.82) is 0 Å². The van der Waals surface area contributed by atoms with E-state index in [1.807, 2.05) is 31.2 Å². The molecule has 0 aromatic heterocycles. The largest absolute Gasteiger partial charge is 0.469 e. The van der Waals surface area contributed by atoms with Crippen molar-refractivity contribution >= 4 is 0 Å². The molecule has 64 valence electrons. The summed E-state index contributed by atoms with van der Waals surface area (Å²) < 4.78 is 10.0. The van der Waals surface area contributed by atoms with Crippen LogP contribution in [0.1, 0.15) is 5.56 Å². The molecule has 2 nitrogen and oxygen atoms in total. The lowest BCUT2D eigenvalue weighted by Gasteiger charge is -2.06. The highest BCUT2D eigenvalue weighted by Gasteiger charge is 1.95. The van der Waals surface area contributed by atoms with E-state index in [-0.39, 0.29) is 0 Å². The van der Waals surface area contributed by atoms with Gasteiger partial charge in [-0.1, -0.05) is 12.1 Å². The summed E-state index contributed by atoms with van der Waals surface area (Å²) >= 11 is 0. The summed E-state index contributed by atoms with van der Waals surface area (Å²) in [6.45, 7) is 5.56. The zero-order valence-electron chi connectivity index (χ0n) is 7.33. The number of rotatable bonds is 3. The molecule has 0 amide bonds. The van der Waals surface area contributed by atoms with Crippen LogP contribution in [-0.2, 0) is 4.74 Å². The Morgan fingerprint density at radius 2 is 2.17 bits per heavy atom. The number of ether oxygens (including phenoxy) is 2. The minimum atomic E-state index is 0.306. The zero-order chi connectivity index (χ0) is 8.97. The molecule has 1 aromatic rings. The molecule has 2 heteroatoms. The Bertz CT molecular complexity index is 279. The molecule has 0 radical (unpaired) electrons. The average Bonchev–Trinajstić information content (AvgIpc) is 2.04. The molecule has 1 aromatic carbocycles. The maximum absolute atomic E-state index is 5.23. The van der Waals surface area contributed by atoms with E-state index in [0.29, 0.717) is 5.95 Å².